The highest BCUT2D eigenvalue weighted by Crippen LogP contribution is 2.50. The quantitative estimate of drug-likeness (QED) is 0.150. The molecule has 0 spiro atoms. The molecule has 13 aromatic rings. The molecular formula is C64H43N3S2. The number of anilines is 6. The normalized spacial score (nSPS) is 12.8. The van der Waals surface area contributed by atoms with Crippen LogP contribution in [0.2, 0.25) is 0 Å². The maximum absolute atomic E-state index is 2.56. The SMILES string of the molecule is C1=CC(n2c3ccc(N(c4ccc(-c5ccc(N(c6ccccc6)c6ccccc6)cc5)cc4)c4ccc5c(c4)sc4ccccc45)cc3c3c4ccccc4c4c5ccccc5sc4c32)=CCC1. The van der Waals surface area contributed by atoms with E-state index in [-0.39, 0.29) is 0 Å². The fourth-order valence-electron chi connectivity index (χ4n) is 10.8. The molecule has 326 valence electrons. The number of thiophene rings is 2. The van der Waals surface area contributed by atoms with Gasteiger partial charge in [0.2, 0.25) is 0 Å². The van der Waals surface area contributed by atoms with Gasteiger partial charge in [-0.3, -0.25) is 0 Å². The first kappa shape index (κ1) is 39.9. The molecule has 1 aliphatic rings. The molecule has 0 saturated heterocycles. The van der Waals surface area contributed by atoms with Gasteiger partial charge in [0.05, 0.1) is 15.7 Å². The summed E-state index contributed by atoms with van der Waals surface area (Å²) in [6.07, 6.45) is 9.18. The van der Waals surface area contributed by atoms with Crippen LogP contribution in [0.15, 0.2) is 237 Å². The lowest BCUT2D eigenvalue weighted by Crippen LogP contribution is -2.10. The van der Waals surface area contributed by atoms with E-state index in [0.717, 1.165) is 47.0 Å². The molecule has 3 nitrogen and oxygen atoms in total. The zero-order valence-electron chi connectivity index (χ0n) is 37.6. The first-order valence-electron chi connectivity index (χ1n) is 23.7. The van der Waals surface area contributed by atoms with Gasteiger partial charge in [-0.15, -0.1) is 22.7 Å². The molecule has 0 N–H and O–H groups in total. The fourth-order valence-corrected chi connectivity index (χ4v) is 13.2. The maximum Gasteiger partial charge on any atom is 0.0726 e. The Hall–Kier alpha value is -8.22. The van der Waals surface area contributed by atoms with Gasteiger partial charge < -0.3 is 14.4 Å². The lowest BCUT2D eigenvalue weighted by atomic mass is 9.98. The summed E-state index contributed by atoms with van der Waals surface area (Å²) in [7, 11) is 0. The van der Waals surface area contributed by atoms with Crippen molar-refractivity contribution in [1.29, 1.82) is 0 Å². The van der Waals surface area contributed by atoms with E-state index in [1.165, 1.54) is 89.7 Å². The van der Waals surface area contributed by atoms with Gasteiger partial charge in [-0.2, -0.15) is 0 Å². The number of aromatic nitrogens is 1. The zero-order chi connectivity index (χ0) is 45.4. The first-order chi connectivity index (χ1) is 34.2. The van der Waals surface area contributed by atoms with Gasteiger partial charge in [0.1, 0.15) is 0 Å². The Bertz CT molecular complexity index is 4140. The Labute approximate surface area is 408 Å². The molecule has 3 aromatic heterocycles. The van der Waals surface area contributed by atoms with E-state index < -0.39 is 0 Å². The zero-order valence-corrected chi connectivity index (χ0v) is 39.2. The standard InChI is InChI=1S/C64H43N3S2/c1-4-16-44(17-5-1)65(45-18-6-2-7-19-45)47-32-28-42(29-33-47)43-30-34-48(35-31-43)66(50-36-38-52-51-22-12-14-26-58(51)68-60(52)41-50)49-37-39-57-56(40-49)61-53-23-10-11-24-54(53)62-55-25-13-15-27-59(55)69-64(62)63(61)67(57)46-20-8-3-9-21-46/h1-2,4-8,10-41H,3,9H2. The van der Waals surface area contributed by atoms with Crippen molar-refractivity contribution in [3.05, 3.63) is 237 Å². The van der Waals surface area contributed by atoms with Crippen molar-refractivity contribution in [2.24, 2.45) is 0 Å². The Kier molecular flexibility index (Phi) is 9.39. The number of hydrogen-bond acceptors (Lipinski definition) is 4. The molecule has 0 fully saturated rings. The summed E-state index contributed by atoms with van der Waals surface area (Å²) >= 11 is 3.79. The summed E-state index contributed by atoms with van der Waals surface area (Å²) in [5.74, 6) is 0. The van der Waals surface area contributed by atoms with Crippen LogP contribution >= 0.6 is 22.7 Å². The largest absolute Gasteiger partial charge is 0.311 e. The first-order valence-corrected chi connectivity index (χ1v) is 25.4. The molecule has 0 amide bonds. The smallest absolute Gasteiger partial charge is 0.0726 e. The van der Waals surface area contributed by atoms with Gasteiger partial charge in [-0.1, -0.05) is 140 Å². The number of hydrogen-bond donors (Lipinski definition) is 0. The molecular weight excluding hydrogens is 875 g/mol. The van der Waals surface area contributed by atoms with E-state index in [0.29, 0.717) is 0 Å². The molecule has 0 bridgehead atoms. The van der Waals surface area contributed by atoms with Crippen molar-refractivity contribution in [3.8, 4) is 11.1 Å². The van der Waals surface area contributed by atoms with Gasteiger partial charge in [0.15, 0.2) is 0 Å². The van der Waals surface area contributed by atoms with Crippen LogP contribution in [-0.2, 0) is 0 Å². The predicted octanol–water partition coefficient (Wildman–Crippen LogP) is 19.5. The van der Waals surface area contributed by atoms with Crippen LogP contribution in [0.25, 0.3) is 89.7 Å². The molecule has 10 aromatic carbocycles. The molecule has 0 atom stereocenters. The van der Waals surface area contributed by atoms with Gasteiger partial charge in [-0.05, 0) is 132 Å². The Morgan fingerprint density at radius 2 is 0.870 bits per heavy atom. The average molecular weight is 918 g/mol. The van der Waals surface area contributed by atoms with Crippen LogP contribution in [0.3, 0.4) is 0 Å². The highest BCUT2D eigenvalue weighted by Gasteiger charge is 2.24. The number of benzene rings is 10. The van der Waals surface area contributed by atoms with Crippen molar-refractivity contribution in [1.82, 2.24) is 4.57 Å². The Morgan fingerprint density at radius 1 is 0.362 bits per heavy atom. The second-order valence-corrected chi connectivity index (χ2v) is 20.1. The lowest BCUT2D eigenvalue weighted by Gasteiger charge is -2.26. The monoisotopic (exact) mass is 917 g/mol. The fraction of sp³-hybridized carbons (Fsp3) is 0.0312. The van der Waals surface area contributed by atoms with Crippen LogP contribution in [0.5, 0.6) is 0 Å². The van der Waals surface area contributed by atoms with Gasteiger partial charge in [0.25, 0.3) is 0 Å². The summed E-state index contributed by atoms with van der Waals surface area (Å²) in [5.41, 5.74) is 12.8. The average Bonchev–Trinajstić information content (AvgIpc) is 4.10. The minimum absolute atomic E-state index is 1.03. The summed E-state index contributed by atoms with van der Waals surface area (Å²) in [6, 6.07) is 80.2. The number of nitrogens with zero attached hydrogens (tertiary/aromatic N) is 3. The van der Waals surface area contributed by atoms with Crippen LogP contribution in [0.1, 0.15) is 12.8 Å². The predicted molar refractivity (Wildman–Crippen MR) is 300 cm³/mol. The topological polar surface area (TPSA) is 11.4 Å². The Morgan fingerprint density at radius 3 is 1.52 bits per heavy atom. The number of allylic oxidation sites excluding steroid dienone is 4. The molecule has 3 heterocycles. The van der Waals surface area contributed by atoms with E-state index in [1.807, 2.05) is 22.7 Å². The van der Waals surface area contributed by atoms with Crippen molar-refractivity contribution in [2.75, 3.05) is 9.80 Å². The number of fused-ring (bicyclic) bond motifs is 13. The third kappa shape index (κ3) is 6.53. The van der Waals surface area contributed by atoms with Crippen LogP contribution < -0.4 is 9.80 Å². The minimum Gasteiger partial charge on any atom is -0.311 e. The molecule has 1 aliphatic carbocycles. The highest BCUT2D eigenvalue weighted by molar-refractivity contribution is 7.27. The molecule has 0 radical (unpaired) electrons. The van der Waals surface area contributed by atoms with Crippen molar-refractivity contribution in [2.45, 2.75) is 12.8 Å². The van der Waals surface area contributed by atoms with Crippen LogP contribution in [-0.4, -0.2) is 4.57 Å². The second-order valence-electron chi connectivity index (χ2n) is 17.9. The number of rotatable bonds is 8. The van der Waals surface area contributed by atoms with E-state index >= 15 is 0 Å². The third-order valence-corrected chi connectivity index (χ3v) is 16.3. The van der Waals surface area contributed by atoms with E-state index in [2.05, 4.69) is 251 Å². The summed E-state index contributed by atoms with van der Waals surface area (Å²) in [5, 5.41) is 10.4. The van der Waals surface area contributed by atoms with Crippen LogP contribution in [0.4, 0.5) is 34.1 Å². The molecule has 69 heavy (non-hydrogen) atoms. The number of para-hydroxylation sites is 2. The van der Waals surface area contributed by atoms with Crippen LogP contribution in [0, 0.1) is 0 Å². The van der Waals surface area contributed by atoms with E-state index in [9.17, 15) is 0 Å². The Balaban J connectivity index is 0.947. The molecule has 14 rings (SSSR count). The minimum atomic E-state index is 1.03. The molecule has 0 saturated carbocycles. The van der Waals surface area contributed by atoms with Crippen molar-refractivity contribution >= 4 is 135 Å². The highest BCUT2D eigenvalue weighted by atomic mass is 32.1. The van der Waals surface area contributed by atoms with Gasteiger partial charge in [-0.25, -0.2) is 0 Å². The summed E-state index contributed by atoms with van der Waals surface area (Å²) in [6.45, 7) is 0. The molecule has 5 heteroatoms. The second kappa shape index (κ2) is 16.2. The molecule has 0 unspecified atom stereocenters. The van der Waals surface area contributed by atoms with Gasteiger partial charge >= 0.3 is 0 Å². The van der Waals surface area contributed by atoms with E-state index in [4.69, 9.17) is 0 Å². The summed E-state index contributed by atoms with van der Waals surface area (Å²) < 4.78 is 7.80. The summed E-state index contributed by atoms with van der Waals surface area (Å²) in [4.78, 5) is 4.76. The third-order valence-electron chi connectivity index (χ3n) is 14.0. The molecule has 0 aliphatic heterocycles. The van der Waals surface area contributed by atoms with E-state index in [1.54, 1.807) is 0 Å². The van der Waals surface area contributed by atoms with Gasteiger partial charge in [0, 0.05) is 86.2 Å². The van der Waals surface area contributed by atoms with Crippen molar-refractivity contribution in [3.63, 3.8) is 0 Å². The van der Waals surface area contributed by atoms with Crippen molar-refractivity contribution < 1.29 is 0 Å². The maximum atomic E-state index is 2.56. The lowest BCUT2D eigenvalue weighted by molar-refractivity contribution is 1.02.